The Morgan fingerprint density at radius 1 is 1.48 bits per heavy atom. The van der Waals surface area contributed by atoms with Crippen molar-refractivity contribution in [2.45, 2.75) is 18.7 Å². The van der Waals surface area contributed by atoms with E-state index in [1.165, 1.54) is 27.8 Å². The first-order valence-electron chi connectivity index (χ1n) is 6.81. The number of hydrogen-bond donors (Lipinski definition) is 1. The fraction of sp³-hybridized carbons (Fsp3) is 0.467. The molecule has 1 heterocycles. The molecule has 0 aromatic heterocycles. The van der Waals surface area contributed by atoms with Crippen LogP contribution < -0.4 is 0 Å². The molecule has 1 fully saturated rings. The van der Waals surface area contributed by atoms with Crippen LogP contribution in [0.4, 0.5) is 0 Å². The van der Waals surface area contributed by atoms with Crippen molar-refractivity contribution in [1.82, 2.24) is 4.90 Å². The molecule has 0 spiro atoms. The first-order chi connectivity index (χ1) is 10.1. The lowest BCUT2D eigenvalue weighted by molar-refractivity contribution is -0.148. The molecule has 1 aromatic rings. The van der Waals surface area contributed by atoms with Crippen molar-refractivity contribution in [3.8, 4) is 0 Å². The molecule has 21 heavy (non-hydrogen) atoms. The Kier molecular flexibility index (Phi) is 5.99. The van der Waals surface area contributed by atoms with Crippen molar-refractivity contribution in [2.75, 3.05) is 23.8 Å². The molecule has 0 bridgehead atoms. The molecule has 1 aliphatic rings. The molecule has 0 saturated carbocycles. The molecule has 1 atom stereocenters. The fourth-order valence-electron chi connectivity index (χ4n) is 2.25. The Bertz CT molecular complexity index is 521. The molecule has 0 radical (unpaired) electrons. The average molecular weight is 325 g/mol. The van der Waals surface area contributed by atoms with Crippen LogP contribution in [0.25, 0.3) is 0 Å². The second kappa shape index (κ2) is 7.75. The average Bonchev–Trinajstić information content (AvgIpc) is 2.47. The molecule has 114 valence electrons. The summed E-state index contributed by atoms with van der Waals surface area (Å²) in [5.41, 5.74) is 2.40. The second-order valence-corrected chi connectivity index (χ2v) is 7.13. The number of hydrogen-bond acceptors (Lipinski definition) is 4. The highest BCUT2D eigenvalue weighted by Crippen LogP contribution is 2.19. The summed E-state index contributed by atoms with van der Waals surface area (Å²) < 4.78 is 0. The Morgan fingerprint density at radius 3 is 3.00 bits per heavy atom. The Balaban J connectivity index is 1.84. The number of aliphatic carboxylic acids is 1. The number of thioether (sulfide) groups is 2. The van der Waals surface area contributed by atoms with Gasteiger partial charge in [-0.1, -0.05) is 29.8 Å². The Labute approximate surface area is 133 Å². The molecular formula is C15H19NO3S2. The highest BCUT2D eigenvalue weighted by molar-refractivity contribution is 7.99. The van der Waals surface area contributed by atoms with Gasteiger partial charge in [0.25, 0.3) is 0 Å². The van der Waals surface area contributed by atoms with E-state index in [-0.39, 0.29) is 5.91 Å². The molecule has 1 N–H and O–H groups in total. The van der Waals surface area contributed by atoms with Gasteiger partial charge in [-0.15, -0.1) is 11.8 Å². The van der Waals surface area contributed by atoms with Crippen molar-refractivity contribution in [2.24, 2.45) is 0 Å². The summed E-state index contributed by atoms with van der Waals surface area (Å²) in [6, 6.07) is 7.53. The maximum Gasteiger partial charge on any atom is 0.327 e. The van der Waals surface area contributed by atoms with Crippen LogP contribution in [0, 0.1) is 6.92 Å². The van der Waals surface area contributed by atoms with E-state index in [2.05, 4.69) is 6.07 Å². The first kappa shape index (κ1) is 16.2. The van der Waals surface area contributed by atoms with Gasteiger partial charge >= 0.3 is 5.97 Å². The zero-order valence-electron chi connectivity index (χ0n) is 11.9. The van der Waals surface area contributed by atoms with Gasteiger partial charge in [-0.3, -0.25) is 4.79 Å². The number of carboxylic acid groups (broad SMARTS) is 1. The van der Waals surface area contributed by atoms with E-state index in [4.69, 9.17) is 0 Å². The van der Waals surface area contributed by atoms with E-state index in [0.717, 1.165) is 11.5 Å². The van der Waals surface area contributed by atoms with E-state index in [1.54, 1.807) is 11.8 Å². The van der Waals surface area contributed by atoms with E-state index >= 15 is 0 Å². The van der Waals surface area contributed by atoms with Gasteiger partial charge in [0, 0.05) is 23.8 Å². The zero-order valence-corrected chi connectivity index (χ0v) is 13.6. The monoisotopic (exact) mass is 325 g/mol. The third-order valence-electron chi connectivity index (χ3n) is 3.31. The van der Waals surface area contributed by atoms with Gasteiger partial charge in [0.05, 0.1) is 5.75 Å². The molecule has 0 aliphatic carbocycles. The predicted molar refractivity (Wildman–Crippen MR) is 87.8 cm³/mol. The highest BCUT2D eigenvalue weighted by Gasteiger charge is 2.31. The fourth-order valence-corrected chi connectivity index (χ4v) is 4.14. The standard InChI is InChI=1S/C15H19NO3S2/c1-11-3-2-4-12(7-11)8-21-10-14(17)16-5-6-20-9-13(16)15(18)19/h2-4,7,13H,5-6,8-10H2,1H3,(H,18,19). The van der Waals surface area contributed by atoms with Crippen LogP contribution >= 0.6 is 23.5 Å². The second-order valence-electron chi connectivity index (χ2n) is 5.00. The van der Waals surface area contributed by atoms with Crippen molar-refractivity contribution in [1.29, 1.82) is 0 Å². The topological polar surface area (TPSA) is 57.6 Å². The molecule has 2 rings (SSSR count). The van der Waals surface area contributed by atoms with E-state index < -0.39 is 12.0 Å². The molecule has 1 unspecified atom stereocenters. The van der Waals surface area contributed by atoms with Gasteiger partial charge in [0.2, 0.25) is 5.91 Å². The lowest BCUT2D eigenvalue weighted by Crippen LogP contribution is -2.50. The molecule has 1 aliphatic heterocycles. The molecular weight excluding hydrogens is 306 g/mol. The smallest absolute Gasteiger partial charge is 0.327 e. The van der Waals surface area contributed by atoms with Crippen LogP contribution in [0.15, 0.2) is 24.3 Å². The lowest BCUT2D eigenvalue weighted by Gasteiger charge is -2.32. The quantitative estimate of drug-likeness (QED) is 0.900. The minimum atomic E-state index is -0.903. The summed E-state index contributed by atoms with van der Waals surface area (Å²) >= 11 is 3.13. The van der Waals surface area contributed by atoms with E-state index in [1.807, 2.05) is 25.1 Å². The van der Waals surface area contributed by atoms with Crippen molar-refractivity contribution in [3.05, 3.63) is 35.4 Å². The van der Waals surface area contributed by atoms with Gasteiger partial charge < -0.3 is 10.0 Å². The number of aryl methyl sites for hydroxylation is 1. The number of carbonyl (C=O) groups excluding carboxylic acids is 1. The third-order valence-corrected chi connectivity index (χ3v) is 5.32. The highest BCUT2D eigenvalue weighted by atomic mass is 32.2. The van der Waals surface area contributed by atoms with Gasteiger partial charge in [-0.25, -0.2) is 4.79 Å². The van der Waals surface area contributed by atoms with Crippen LogP contribution in [0.2, 0.25) is 0 Å². The lowest BCUT2D eigenvalue weighted by atomic mass is 10.2. The largest absolute Gasteiger partial charge is 0.480 e. The first-order valence-corrected chi connectivity index (χ1v) is 9.12. The molecule has 4 nitrogen and oxygen atoms in total. The minimum Gasteiger partial charge on any atom is -0.480 e. The molecule has 1 amide bonds. The normalized spacial score (nSPS) is 18.5. The van der Waals surface area contributed by atoms with E-state index in [9.17, 15) is 14.7 Å². The third kappa shape index (κ3) is 4.68. The molecule has 1 aromatic carbocycles. The number of nitrogens with zero attached hydrogens (tertiary/aromatic N) is 1. The van der Waals surface area contributed by atoms with Crippen molar-refractivity contribution >= 4 is 35.4 Å². The van der Waals surface area contributed by atoms with Gasteiger partial charge in [-0.2, -0.15) is 11.8 Å². The van der Waals surface area contributed by atoms with Gasteiger partial charge in [0.1, 0.15) is 6.04 Å². The molecule has 1 saturated heterocycles. The van der Waals surface area contributed by atoms with Gasteiger partial charge in [-0.05, 0) is 12.5 Å². The summed E-state index contributed by atoms with van der Waals surface area (Å²) in [5.74, 6) is 1.44. The number of amides is 1. The predicted octanol–water partition coefficient (Wildman–Crippen LogP) is 2.26. The SMILES string of the molecule is Cc1cccc(CSCC(=O)N2CCSCC2C(=O)O)c1. The van der Waals surface area contributed by atoms with Crippen LogP contribution in [-0.2, 0) is 15.3 Å². The van der Waals surface area contributed by atoms with Crippen LogP contribution in [0.1, 0.15) is 11.1 Å². The van der Waals surface area contributed by atoms with Crippen LogP contribution in [-0.4, -0.2) is 51.7 Å². The van der Waals surface area contributed by atoms with Gasteiger partial charge in [0.15, 0.2) is 0 Å². The zero-order chi connectivity index (χ0) is 15.2. The number of benzene rings is 1. The maximum absolute atomic E-state index is 12.2. The van der Waals surface area contributed by atoms with Crippen LogP contribution in [0.5, 0.6) is 0 Å². The Hall–Kier alpha value is -1.14. The van der Waals surface area contributed by atoms with Crippen molar-refractivity contribution in [3.63, 3.8) is 0 Å². The maximum atomic E-state index is 12.2. The summed E-state index contributed by atoms with van der Waals surface area (Å²) in [7, 11) is 0. The summed E-state index contributed by atoms with van der Waals surface area (Å²) in [4.78, 5) is 24.9. The summed E-state index contributed by atoms with van der Waals surface area (Å²) in [5, 5.41) is 9.18. The minimum absolute atomic E-state index is 0.0691. The van der Waals surface area contributed by atoms with Crippen LogP contribution in [0.3, 0.4) is 0 Å². The summed E-state index contributed by atoms with van der Waals surface area (Å²) in [6.07, 6.45) is 0. The van der Waals surface area contributed by atoms with Crippen molar-refractivity contribution < 1.29 is 14.7 Å². The number of carbonyl (C=O) groups is 2. The number of carboxylic acids is 1. The number of rotatable bonds is 5. The van der Waals surface area contributed by atoms with E-state index in [0.29, 0.717) is 18.1 Å². The summed E-state index contributed by atoms with van der Waals surface area (Å²) in [6.45, 7) is 2.58. The molecule has 6 heteroatoms. The Morgan fingerprint density at radius 2 is 2.29 bits per heavy atom.